The zero-order valence-electron chi connectivity index (χ0n) is 16.3. The molecule has 5 fully saturated rings. The van der Waals surface area contributed by atoms with Crippen molar-refractivity contribution in [2.75, 3.05) is 79.1 Å². The van der Waals surface area contributed by atoms with Gasteiger partial charge >= 0.3 is 0 Å². The molecule has 5 aliphatic heterocycles. The van der Waals surface area contributed by atoms with Gasteiger partial charge in [-0.05, 0) is 12.8 Å². The normalized spacial score (nSPS) is 33.7. The number of hydrogen-bond acceptors (Lipinski definition) is 5. The Morgan fingerprint density at radius 1 is 1.07 bits per heavy atom. The smallest absolute Gasteiger partial charge is 0.251 e. The molecule has 0 aliphatic carbocycles. The fourth-order valence-electron chi connectivity index (χ4n) is 4.57. The molecule has 5 saturated heterocycles. The Morgan fingerprint density at radius 3 is 2.33 bits per heavy atom. The van der Waals surface area contributed by atoms with Gasteiger partial charge in [0.25, 0.3) is 5.91 Å². The van der Waals surface area contributed by atoms with E-state index >= 15 is 0 Å². The molecular formula is C18H33IN6O2. The van der Waals surface area contributed by atoms with Crippen molar-refractivity contribution in [3.05, 3.63) is 0 Å². The van der Waals surface area contributed by atoms with Gasteiger partial charge in [-0.25, -0.2) is 0 Å². The number of aliphatic imine (C=N–C) groups is 1. The van der Waals surface area contributed by atoms with Crippen LogP contribution in [0.2, 0.25) is 0 Å². The van der Waals surface area contributed by atoms with Crippen LogP contribution >= 0.6 is 24.0 Å². The van der Waals surface area contributed by atoms with Gasteiger partial charge in [0.1, 0.15) is 6.10 Å². The number of carbonyl (C=O) groups is 1. The molecular weight excluding hydrogens is 459 g/mol. The fraction of sp³-hybridized carbons (Fsp3) is 0.889. The molecule has 2 unspecified atom stereocenters. The van der Waals surface area contributed by atoms with Crippen LogP contribution in [0, 0.1) is 0 Å². The Kier molecular flexibility index (Phi) is 7.57. The Bertz CT molecular complexity index is 526. The molecule has 154 valence electrons. The quantitative estimate of drug-likeness (QED) is 0.326. The van der Waals surface area contributed by atoms with Crippen molar-refractivity contribution in [3.63, 3.8) is 0 Å². The number of guanidine groups is 1. The molecule has 1 amide bonds. The summed E-state index contributed by atoms with van der Waals surface area (Å²) in [4.78, 5) is 26.3. The predicted molar refractivity (Wildman–Crippen MR) is 116 cm³/mol. The molecule has 0 spiro atoms. The second-order valence-electron chi connectivity index (χ2n) is 7.73. The van der Waals surface area contributed by atoms with Gasteiger partial charge in [0.15, 0.2) is 5.96 Å². The minimum absolute atomic E-state index is 0. The summed E-state index contributed by atoms with van der Waals surface area (Å²) in [5.74, 6) is 1.14. The molecule has 5 rings (SSSR count). The van der Waals surface area contributed by atoms with Gasteiger partial charge in [0.05, 0.1) is 0 Å². The summed E-state index contributed by atoms with van der Waals surface area (Å²) in [6.45, 7) is 10.8. The van der Waals surface area contributed by atoms with Crippen LogP contribution in [0.5, 0.6) is 0 Å². The number of carbonyl (C=O) groups excluding carboxylic acids is 1. The van der Waals surface area contributed by atoms with Gasteiger partial charge in [-0.15, -0.1) is 24.0 Å². The third kappa shape index (κ3) is 4.86. The number of amides is 1. The highest BCUT2D eigenvalue weighted by molar-refractivity contribution is 14.0. The van der Waals surface area contributed by atoms with Crippen molar-refractivity contribution in [2.45, 2.75) is 25.0 Å². The highest BCUT2D eigenvalue weighted by atomic mass is 127. The topological polar surface area (TPSA) is 63.7 Å². The van der Waals surface area contributed by atoms with E-state index in [1.807, 2.05) is 11.9 Å². The summed E-state index contributed by atoms with van der Waals surface area (Å²) in [6, 6.07) is 0.580. The van der Waals surface area contributed by atoms with Crippen molar-refractivity contribution in [2.24, 2.45) is 4.99 Å². The molecule has 1 N–H and O–H groups in total. The first kappa shape index (κ1) is 21.1. The van der Waals surface area contributed by atoms with Crippen LogP contribution in [-0.4, -0.2) is 123 Å². The highest BCUT2D eigenvalue weighted by Gasteiger charge is 2.33. The second kappa shape index (κ2) is 9.71. The third-order valence-electron chi connectivity index (χ3n) is 6.20. The molecule has 2 atom stereocenters. The standard InChI is InChI=1S/C18H32N6O2.HI/c1-19-18(20-13-15-14-21-4-6-22(15)7-5-21)24-10-8-23(9-11-24)17(25)16-3-2-12-26-16;/h15-16H,2-14H2,1H3,(H,19,20);1H. The molecule has 2 bridgehead atoms. The van der Waals surface area contributed by atoms with Crippen LogP contribution in [0.3, 0.4) is 0 Å². The summed E-state index contributed by atoms with van der Waals surface area (Å²) in [5, 5.41) is 3.57. The molecule has 0 aromatic carbocycles. The maximum Gasteiger partial charge on any atom is 0.251 e. The lowest BCUT2D eigenvalue weighted by molar-refractivity contribution is -0.142. The Balaban J connectivity index is 0.00000210. The van der Waals surface area contributed by atoms with Crippen LogP contribution in [0.15, 0.2) is 4.99 Å². The Hall–Kier alpha value is -0.650. The van der Waals surface area contributed by atoms with Gasteiger partial charge in [-0.1, -0.05) is 0 Å². The molecule has 27 heavy (non-hydrogen) atoms. The molecule has 8 nitrogen and oxygen atoms in total. The zero-order valence-corrected chi connectivity index (χ0v) is 18.6. The summed E-state index contributed by atoms with van der Waals surface area (Å²) in [7, 11) is 1.85. The first-order chi connectivity index (χ1) is 12.7. The first-order valence-electron chi connectivity index (χ1n) is 10.1. The number of piperazine rings is 4. The molecule has 0 radical (unpaired) electrons. The van der Waals surface area contributed by atoms with E-state index in [4.69, 9.17) is 4.74 Å². The molecule has 5 heterocycles. The maximum atomic E-state index is 12.5. The lowest BCUT2D eigenvalue weighted by Gasteiger charge is -2.47. The number of rotatable bonds is 3. The molecule has 9 heteroatoms. The van der Waals surface area contributed by atoms with Crippen molar-refractivity contribution < 1.29 is 9.53 Å². The van der Waals surface area contributed by atoms with Gasteiger partial charge in [0.2, 0.25) is 0 Å². The molecule has 0 aromatic rings. The SMILES string of the molecule is CN=C(NCC1CN2CCN1CC2)N1CCN(C(=O)C2CCCO2)CC1.I. The molecule has 5 aliphatic rings. The van der Waals surface area contributed by atoms with E-state index in [-0.39, 0.29) is 36.0 Å². The first-order valence-corrected chi connectivity index (χ1v) is 10.1. The van der Waals surface area contributed by atoms with Crippen LogP contribution in [-0.2, 0) is 9.53 Å². The zero-order chi connectivity index (χ0) is 17.9. The van der Waals surface area contributed by atoms with Gasteiger partial charge in [-0.2, -0.15) is 0 Å². The number of nitrogens with zero attached hydrogens (tertiary/aromatic N) is 5. The number of hydrogen-bond donors (Lipinski definition) is 1. The number of halogens is 1. The number of ether oxygens (including phenoxy) is 1. The van der Waals surface area contributed by atoms with E-state index in [0.29, 0.717) is 6.04 Å². The number of fused-ring (bicyclic) bond motifs is 3. The van der Waals surface area contributed by atoms with Crippen molar-refractivity contribution in [3.8, 4) is 0 Å². The number of nitrogens with one attached hydrogen (secondary N) is 1. The Labute approximate surface area is 179 Å². The van der Waals surface area contributed by atoms with Gasteiger partial charge in [-0.3, -0.25) is 19.6 Å². The van der Waals surface area contributed by atoms with Crippen LogP contribution in [0.25, 0.3) is 0 Å². The highest BCUT2D eigenvalue weighted by Crippen LogP contribution is 2.17. The average Bonchev–Trinajstić information content (AvgIpc) is 3.24. The van der Waals surface area contributed by atoms with E-state index in [1.165, 1.54) is 26.2 Å². The van der Waals surface area contributed by atoms with Crippen LogP contribution in [0.4, 0.5) is 0 Å². The minimum atomic E-state index is -0.204. The lowest BCUT2D eigenvalue weighted by Crippen LogP contribution is -2.64. The summed E-state index contributed by atoms with van der Waals surface area (Å²) in [6.07, 6.45) is 1.67. The Morgan fingerprint density at radius 2 is 1.78 bits per heavy atom. The van der Waals surface area contributed by atoms with Crippen molar-refractivity contribution in [1.29, 1.82) is 0 Å². The van der Waals surface area contributed by atoms with Crippen LogP contribution in [0.1, 0.15) is 12.8 Å². The minimum Gasteiger partial charge on any atom is -0.368 e. The maximum absolute atomic E-state index is 12.5. The molecule has 0 aromatic heterocycles. The van der Waals surface area contributed by atoms with E-state index < -0.39 is 0 Å². The third-order valence-corrected chi connectivity index (χ3v) is 6.20. The summed E-state index contributed by atoms with van der Waals surface area (Å²) >= 11 is 0. The summed E-state index contributed by atoms with van der Waals surface area (Å²) in [5.41, 5.74) is 0. The van der Waals surface area contributed by atoms with E-state index in [1.54, 1.807) is 0 Å². The summed E-state index contributed by atoms with van der Waals surface area (Å²) < 4.78 is 5.54. The molecule has 0 saturated carbocycles. The van der Waals surface area contributed by atoms with Gasteiger partial charge in [0, 0.05) is 85.1 Å². The largest absolute Gasteiger partial charge is 0.368 e. The predicted octanol–water partition coefficient (Wildman–Crippen LogP) is -0.497. The average molecular weight is 492 g/mol. The lowest BCUT2D eigenvalue weighted by atomic mass is 10.1. The van der Waals surface area contributed by atoms with Crippen molar-refractivity contribution in [1.82, 2.24) is 24.9 Å². The van der Waals surface area contributed by atoms with Crippen LogP contribution < -0.4 is 5.32 Å². The van der Waals surface area contributed by atoms with E-state index in [2.05, 4.69) is 25.0 Å². The fourth-order valence-corrected chi connectivity index (χ4v) is 4.57. The monoisotopic (exact) mass is 492 g/mol. The van der Waals surface area contributed by atoms with E-state index in [0.717, 1.165) is 64.7 Å². The second-order valence-corrected chi connectivity index (χ2v) is 7.73. The van der Waals surface area contributed by atoms with Crippen molar-refractivity contribution >= 4 is 35.8 Å². The van der Waals surface area contributed by atoms with Gasteiger partial charge < -0.3 is 19.9 Å². The van der Waals surface area contributed by atoms with E-state index in [9.17, 15) is 4.79 Å².